The van der Waals surface area contributed by atoms with Gasteiger partial charge in [-0.25, -0.2) is 4.79 Å². The van der Waals surface area contributed by atoms with Gasteiger partial charge < -0.3 is 25.4 Å². The molecule has 0 saturated heterocycles. The molecule has 1 saturated carbocycles. The molecule has 0 spiro atoms. The molecule has 0 radical (unpaired) electrons. The maximum absolute atomic E-state index is 14.0. The van der Waals surface area contributed by atoms with Crippen LogP contribution in [0, 0.1) is 13.8 Å². The number of alkyl carbamates (subject to hydrolysis) is 1. The first-order valence-corrected chi connectivity index (χ1v) is 13.3. The summed E-state index contributed by atoms with van der Waals surface area (Å²) >= 11 is 0. The molecule has 1 fully saturated rings. The number of hydrogen-bond donors (Lipinski definition) is 3. The van der Waals surface area contributed by atoms with Crippen molar-refractivity contribution in [1.82, 2.24) is 10.2 Å². The third-order valence-corrected chi connectivity index (χ3v) is 6.63. The fraction of sp³-hybridized carbons (Fsp3) is 0.387. The van der Waals surface area contributed by atoms with Crippen LogP contribution in [0.3, 0.4) is 0 Å². The largest absolute Gasteiger partial charge is 0.444 e. The van der Waals surface area contributed by atoms with Crippen molar-refractivity contribution in [2.45, 2.75) is 71.2 Å². The van der Waals surface area contributed by atoms with Crippen LogP contribution < -0.4 is 10.6 Å². The predicted molar refractivity (Wildman–Crippen MR) is 151 cm³/mol. The number of amides is 3. The minimum Gasteiger partial charge on any atom is -0.444 e. The van der Waals surface area contributed by atoms with Crippen LogP contribution in [0.5, 0.6) is 0 Å². The molecule has 0 aliphatic heterocycles. The molecule has 0 heterocycles. The zero-order chi connectivity index (χ0) is 28.3. The summed E-state index contributed by atoms with van der Waals surface area (Å²) in [7, 11) is 0. The van der Waals surface area contributed by atoms with Crippen LogP contribution in [0.1, 0.15) is 56.3 Å². The van der Waals surface area contributed by atoms with Crippen molar-refractivity contribution in [3.8, 4) is 0 Å². The highest BCUT2D eigenvalue weighted by Crippen LogP contribution is 2.37. The van der Waals surface area contributed by atoms with E-state index in [-0.39, 0.29) is 11.9 Å². The zero-order valence-electron chi connectivity index (χ0n) is 23.2. The molecule has 8 nitrogen and oxygen atoms in total. The van der Waals surface area contributed by atoms with E-state index in [1.807, 2.05) is 74.5 Å². The van der Waals surface area contributed by atoms with E-state index in [1.54, 1.807) is 20.8 Å². The summed E-state index contributed by atoms with van der Waals surface area (Å²) in [6, 6.07) is 16.9. The van der Waals surface area contributed by atoms with Crippen LogP contribution >= 0.6 is 0 Å². The lowest BCUT2D eigenvalue weighted by atomic mass is 9.96. The second kappa shape index (κ2) is 11.5. The Morgan fingerprint density at radius 2 is 1.69 bits per heavy atom. The number of aryl methyl sites for hydroxylation is 2. The predicted octanol–water partition coefficient (Wildman–Crippen LogP) is 5.01. The Morgan fingerprint density at radius 3 is 2.31 bits per heavy atom. The van der Waals surface area contributed by atoms with Crippen LogP contribution in [0.15, 0.2) is 60.7 Å². The Hall–Kier alpha value is -3.91. The van der Waals surface area contributed by atoms with Gasteiger partial charge in [0.05, 0.1) is 6.61 Å². The van der Waals surface area contributed by atoms with Crippen molar-refractivity contribution in [1.29, 1.82) is 0 Å². The molecular formula is C31H37N3O5. The van der Waals surface area contributed by atoms with Gasteiger partial charge in [0.2, 0.25) is 5.91 Å². The number of nitrogens with zero attached hydrogens (tertiary/aromatic N) is 1. The van der Waals surface area contributed by atoms with Gasteiger partial charge in [-0.1, -0.05) is 54.1 Å². The molecule has 0 aromatic heterocycles. The molecule has 1 aliphatic rings. The minimum absolute atomic E-state index is 0.194. The number of aliphatic hydroxyl groups is 1. The number of hydrogen-bond acceptors (Lipinski definition) is 5. The van der Waals surface area contributed by atoms with Gasteiger partial charge in [-0.3, -0.25) is 9.59 Å². The Kier molecular flexibility index (Phi) is 8.25. The summed E-state index contributed by atoms with van der Waals surface area (Å²) in [5.74, 6) is -0.907. The first-order valence-electron chi connectivity index (χ1n) is 13.3. The average molecular weight is 532 g/mol. The van der Waals surface area contributed by atoms with Crippen LogP contribution in [0.25, 0.3) is 10.8 Å². The highest BCUT2D eigenvalue weighted by Gasteiger charge is 2.44. The monoisotopic (exact) mass is 531 g/mol. The van der Waals surface area contributed by atoms with Gasteiger partial charge >= 0.3 is 6.09 Å². The van der Waals surface area contributed by atoms with Gasteiger partial charge in [-0.2, -0.15) is 0 Å². The quantitative estimate of drug-likeness (QED) is 0.379. The zero-order valence-corrected chi connectivity index (χ0v) is 23.2. The molecule has 1 aliphatic carbocycles. The Morgan fingerprint density at radius 1 is 1.00 bits per heavy atom. The van der Waals surface area contributed by atoms with Crippen LogP contribution in [0.2, 0.25) is 0 Å². The van der Waals surface area contributed by atoms with Crippen molar-refractivity contribution in [3.05, 3.63) is 77.4 Å². The molecule has 2 atom stereocenters. The van der Waals surface area contributed by atoms with E-state index in [0.29, 0.717) is 11.3 Å². The van der Waals surface area contributed by atoms with E-state index in [9.17, 15) is 19.5 Å². The van der Waals surface area contributed by atoms with Crippen LogP contribution in [0.4, 0.5) is 10.5 Å². The molecule has 3 amide bonds. The lowest BCUT2D eigenvalue weighted by Crippen LogP contribution is -2.54. The Bertz CT molecular complexity index is 1380. The lowest BCUT2D eigenvalue weighted by Gasteiger charge is -2.35. The molecule has 4 rings (SSSR count). The van der Waals surface area contributed by atoms with Crippen molar-refractivity contribution in [3.63, 3.8) is 0 Å². The smallest absolute Gasteiger partial charge is 0.408 e. The van der Waals surface area contributed by atoms with Crippen LogP contribution in [-0.4, -0.2) is 52.2 Å². The second-order valence-corrected chi connectivity index (χ2v) is 11.2. The highest BCUT2D eigenvalue weighted by atomic mass is 16.6. The van der Waals surface area contributed by atoms with Gasteiger partial charge in [-0.15, -0.1) is 0 Å². The van der Waals surface area contributed by atoms with E-state index in [2.05, 4.69) is 10.6 Å². The van der Waals surface area contributed by atoms with E-state index in [1.165, 1.54) is 4.90 Å². The molecule has 39 heavy (non-hydrogen) atoms. The van der Waals surface area contributed by atoms with E-state index < -0.39 is 36.3 Å². The topological polar surface area (TPSA) is 108 Å². The number of benzene rings is 3. The van der Waals surface area contributed by atoms with E-state index in [4.69, 9.17) is 4.74 Å². The number of ether oxygens (including phenoxy) is 1. The fourth-order valence-electron chi connectivity index (χ4n) is 4.71. The van der Waals surface area contributed by atoms with Crippen LogP contribution in [-0.2, 0) is 14.3 Å². The van der Waals surface area contributed by atoms with Crippen molar-refractivity contribution in [2.75, 3.05) is 11.9 Å². The summed E-state index contributed by atoms with van der Waals surface area (Å²) in [5, 5.41) is 17.6. The molecule has 206 valence electrons. The van der Waals surface area contributed by atoms with Gasteiger partial charge in [0.1, 0.15) is 17.7 Å². The normalized spacial score (nSPS) is 14.8. The standard InChI is InChI=1S/C31H37N3O5/c1-19-10-15-25(20(2)16-19)27(28(36)32-23-12-11-21-8-6-7-9-22(21)17-23)34(24-13-14-24)29(37)26(18-35)33-30(38)39-31(3,4)5/h6-12,15-17,24,26-27,35H,13-14,18H2,1-5H3,(H,32,36)(H,33,38). The van der Waals surface area contributed by atoms with Crippen molar-refractivity contribution in [2.24, 2.45) is 0 Å². The summed E-state index contributed by atoms with van der Waals surface area (Å²) in [6.07, 6.45) is 0.636. The van der Waals surface area contributed by atoms with Gasteiger partial charge in [-0.05, 0) is 81.5 Å². The first-order chi connectivity index (χ1) is 18.5. The number of fused-ring (bicyclic) bond motifs is 1. The number of carbonyl (C=O) groups excluding carboxylic acids is 3. The summed E-state index contributed by atoms with van der Waals surface area (Å²) < 4.78 is 5.30. The number of anilines is 1. The second-order valence-electron chi connectivity index (χ2n) is 11.2. The lowest BCUT2D eigenvalue weighted by molar-refractivity contribution is -0.142. The summed E-state index contributed by atoms with van der Waals surface area (Å²) in [5.41, 5.74) is 2.43. The molecular weight excluding hydrogens is 494 g/mol. The molecule has 8 heteroatoms. The minimum atomic E-state index is -1.26. The number of rotatable bonds is 8. The SMILES string of the molecule is Cc1ccc(C(C(=O)Nc2ccc3ccccc3c2)N(C(=O)C(CO)NC(=O)OC(C)(C)C)C2CC2)c(C)c1. The molecule has 3 aromatic carbocycles. The Labute approximate surface area is 229 Å². The third kappa shape index (κ3) is 6.95. The molecule has 3 N–H and O–H groups in total. The molecule has 2 unspecified atom stereocenters. The molecule has 3 aromatic rings. The fourth-order valence-corrected chi connectivity index (χ4v) is 4.71. The summed E-state index contributed by atoms with van der Waals surface area (Å²) in [4.78, 5) is 41.9. The third-order valence-electron chi connectivity index (χ3n) is 6.63. The average Bonchev–Trinajstić information content (AvgIpc) is 3.70. The number of carbonyl (C=O) groups is 3. The van der Waals surface area contributed by atoms with Gasteiger partial charge in [0.25, 0.3) is 5.91 Å². The Balaban J connectivity index is 1.69. The van der Waals surface area contributed by atoms with Crippen molar-refractivity contribution < 1.29 is 24.2 Å². The summed E-state index contributed by atoms with van der Waals surface area (Å²) in [6.45, 7) is 8.39. The number of aliphatic hydroxyl groups excluding tert-OH is 1. The highest BCUT2D eigenvalue weighted by molar-refractivity contribution is 6.00. The van der Waals surface area contributed by atoms with E-state index >= 15 is 0 Å². The van der Waals surface area contributed by atoms with Crippen molar-refractivity contribution >= 4 is 34.4 Å². The van der Waals surface area contributed by atoms with Gasteiger partial charge in [0, 0.05) is 11.7 Å². The maximum Gasteiger partial charge on any atom is 0.408 e. The van der Waals surface area contributed by atoms with E-state index in [0.717, 1.165) is 34.7 Å². The van der Waals surface area contributed by atoms with Gasteiger partial charge in [0.15, 0.2) is 0 Å². The number of nitrogens with one attached hydrogen (secondary N) is 2. The first kappa shape index (κ1) is 28.1. The maximum atomic E-state index is 14.0. The molecule has 0 bridgehead atoms.